The average molecular weight is 257 g/mol. The van der Waals surface area contributed by atoms with E-state index in [-0.39, 0.29) is 0 Å². The lowest BCUT2D eigenvalue weighted by Gasteiger charge is -2.07. The highest BCUT2D eigenvalue weighted by atomic mass is 79.9. The van der Waals surface area contributed by atoms with Gasteiger partial charge in [0.15, 0.2) is 0 Å². The van der Waals surface area contributed by atoms with E-state index in [1.54, 1.807) is 0 Å². The molecule has 0 amide bonds. The minimum absolute atomic E-state index is 0.525. The fraction of sp³-hybridized carbons (Fsp3) is 0.0769. The zero-order chi connectivity index (χ0) is 10.3. The van der Waals surface area contributed by atoms with E-state index >= 15 is 0 Å². The van der Waals surface area contributed by atoms with Crippen molar-refractivity contribution in [3.8, 4) is 11.1 Å². The lowest BCUT2D eigenvalue weighted by atomic mass is 9.79. The Hall–Kier alpha value is -1.02. The van der Waals surface area contributed by atoms with Gasteiger partial charge in [-0.05, 0) is 28.1 Å². The Balaban J connectivity index is 2.31. The minimum atomic E-state index is 0.525. The van der Waals surface area contributed by atoms with Gasteiger partial charge in [-0.2, -0.15) is 15.8 Å². The van der Waals surface area contributed by atoms with Gasteiger partial charge in [0.1, 0.15) is 0 Å². The molecule has 0 fully saturated rings. The van der Waals surface area contributed by atoms with Crippen LogP contribution in [0.5, 0.6) is 0 Å². The van der Waals surface area contributed by atoms with E-state index in [2.05, 4.69) is 64.3 Å². The summed E-state index contributed by atoms with van der Waals surface area (Å²) in [6.07, 6.45) is 1.00. The second-order valence-electron chi connectivity index (χ2n) is 3.88. The number of fused-ring (bicyclic) bond motifs is 3. The van der Waals surface area contributed by atoms with E-state index in [9.17, 15) is 0 Å². The van der Waals surface area contributed by atoms with Crippen LogP contribution in [0.1, 0.15) is 16.9 Å². The van der Waals surface area contributed by atoms with E-state index in [0.717, 1.165) is 6.10 Å². The van der Waals surface area contributed by atoms with Gasteiger partial charge in [0.2, 0.25) is 6.10 Å². The SMILES string of the molecule is BrBC1c2ccccc2-c2ccccc21. The van der Waals surface area contributed by atoms with Gasteiger partial charge < -0.3 is 0 Å². The van der Waals surface area contributed by atoms with Crippen molar-refractivity contribution in [3.05, 3.63) is 59.7 Å². The number of halogens is 1. The minimum Gasteiger partial charge on any atom is -0.161 e. The summed E-state index contributed by atoms with van der Waals surface area (Å²) in [6.45, 7) is 0. The quantitative estimate of drug-likeness (QED) is 0.686. The van der Waals surface area contributed by atoms with Crippen molar-refractivity contribution < 1.29 is 0 Å². The van der Waals surface area contributed by atoms with E-state index in [0.29, 0.717) is 5.82 Å². The molecule has 3 rings (SSSR count). The Morgan fingerprint density at radius 3 is 1.73 bits per heavy atom. The normalized spacial score (nSPS) is 13.4. The van der Waals surface area contributed by atoms with E-state index in [1.807, 2.05) is 0 Å². The number of hydrogen-bond acceptors (Lipinski definition) is 0. The summed E-state index contributed by atoms with van der Waals surface area (Å²) >= 11 is 3.62. The molecule has 72 valence electrons. The van der Waals surface area contributed by atoms with Crippen LogP contribution in [0, 0.1) is 0 Å². The molecule has 2 heteroatoms. The fourth-order valence-electron chi connectivity index (χ4n) is 2.43. The molecule has 0 N–H and O–H groups in total. The molecule has 0 heterocycles. The first-order chi connectivity index (χ1) is 7.42. The predicted octanol–water partition coefficient (Wildman–Crippen LogP) is 3.50. The van der Waals surface area contributed by atoms with Crippen LogP contribution in [0.15, 0.2) is 48.5 Å². The summed E-state index contributed by atoms with van der Waals surface area (Å²) < 4.78 is 0. The molecule has 0 aliphatic heterocycles. The molecule has 0 bridgehead atoms. The van der Waals surface area contributed by atoms with Gasteiger partial charge >= 0.3 is 0 Å². The Morgan fingerprint density at radius 1 is 0.800 bits per heavy atom. The molecule has 0 unspecified atom stereocenters. The standard InChI is InChI=1S/C13H10BBr/c15-14-13-11-7-3-1-5-9(11)10-6-2-4-8-12(10)13/h1-8,13-14H. The van der Waals surface area contributed by atoms with Gasteiger partial charge in [-0.25, -0.2) is 0 Å². The van der Waals surface area contributed by atoms with E-state index in [1.165, 1.54) is 22.3 Å². The Morgan fingerprint density at radius 2 is 1.27 bits per heavy atom. The highest BCUT2D eigenvalue weighted by molar-refractivity contribution is 9.23. The monoisotopic (exact) mass is 256 g/mol. The molecule has 0 spiro atoms. The Bertz CT molecular complexity index is 462. The summed E-state index contributed by atoms with van der Waals surface area (Å²) in [6, 6.07) is 17.4. The molecule has 15 heavy (non-hydrogen) atoms. The van der Waals surface area contributed by atoms with Gasteiger partial charge in [0.05, 0.1) is 0 Å². The average Bonchev–Trinajstić information content (AvgIpc) is 2.63. The van der Waals surface area contributed by atoms with Crippen molar-refractivity contribution in [2.45, 2.75) is 5.82 Å². The van der Waals surface area contributed by atoms with Gasteiger partial charge in [-0.15, -0.1) is 0 Å². The van der Waals surface area contributed by atoms with Gasteiger partial charge in [0, 0.05) is 0 Å². The van der Waals surface area contributed by atoms with Crippen molar-refractivity contribution in [1.29, 1.82) is 0 Å². The maximum Gasteiger partial charge on any atom is 0.217 e. The van der Waals surface area contributed by atoms with Gasteiger partial charge in [-0.1, -0.05) is 48.5 Å². The van der Waals surface area contributed by atoms with Crippen LogP contribution in [0.2, 0.25) is 0 Å². The summed E-state index contributed by atoms with van der Waals surface area (Å²) in [5, 5.41) is 0. The van der Waals surface area contributed by atoms with Crippen molar-refractivity contribution in [2.75, 3.05) is 0 Å². The smallest absolute Gasteiger partial charge is 0.161 e. The van der Waals surface area contributed by atoms with Crippen LogP contribution < -0.4 is 0 Å². The number of benzene rings is 2. The maximum absolute atomic E-state index is 3.62. The Labute approximate surface area is 98.5 Å². The molecular weight excluding hydrogens is 247 g/mol. The summed E-state index contributed by atoms with van der Waals surface area (Å²) in [4.78, 5) is 0. The third-order valence-electron chi connectivity index (χ3n) is 3.12. The lowest BCUT2D eigenvalue weighted by Crippen LogP contribution is -1.99. The molecule has 1 aliphatic rings. The molecule has 2 aromatic carbocycles. The molecule has 0 saturated heterocycles. The Kier molecular flexibility index (Phi) is 2.17. The van der Waals surface area contributed by atoms with Crippen molar-refractivity contribution in [3.63, 3.8) is 0 Å². The predicted molar refractivity (Wildman–Crippen MR) is 69.8 cm³/mol. The third-order valence-corrected chi connectivity index (χ3v) is 3.76. The van der Waals surface area contributed by atoms with E-state index < -0.39 is 0 Å². The van der Waals surface area contributed by atoms with Crippen LogP contribution in [-0.2, 0) is 0 Å². The maximum atomic E-state index is 3.62. The third kappa shape index (κ3) is 1.28. The van der Waals surface area contributed by atoms with Crippen LogP contribution in [0.3, 0.4) is 0 Å². The van der Waals surface area contributed by atoms with Crippen LogP contribution in [0.4, 0.5) is 0 Å². The molecule has 0 nitrogen and oxygen atoms in total. The fourth-order valence-corrected chi connectivity index (χ4v) is 3.12. The van der Waals surface area contributed by atoms with Crippen LogP contribution in [0.25, 0.3) is 11.1 Å². The molecule has 2 aromatic rings. The largest absolute Gasteiger partial charge is 0.217 e. The first-order valence-corrected chi connectivity index (χ1v) is 6.28. The molecule has 0 radical (unpaired) electrons. The molecule has 1 aliphatic carbocycles. The van der Waals surface area contributed by atoms with E-state index in [4.69, 9.17) is 0 Å². The molecule has 0 aromatic heterocycles. The first kappa shape index (κ1) is 9.23. The number of rotatable bonds is 1. The first-order valence-electron chi connectivity index (χ1n) is 5.16. The molecule has 0 atom stereocenters. The number of hydrogen-bond donors (Lipinski definition) is 0. The molecule has 0 saturated carbocycles. The summed E-state index contributed by atoms with van der Waals surface area (Å²) in [7, 11) is 0. The van der Waals surface area contributed by atoms with Gasteiger partial charge in [-0.3, -0.25) is 0 Å². The van der Waals surface area contributed by atoms with Crippen molar-refractivity contribution in [1.82, 2.24) is 0 Å². The second-order valence-corrected chi connectivity index (χ2v) is 4.53. The second kappa shape index (κ2) is 3.53. The van der Waals surface area contributed by atoms with Crippen LogP contribution >= 0.6 is 15.8 Å². The highest BCUT2D eigenvalue weighted by Gasteiger charge is 2.27. The lowest BCUT2D eigenvalue weighted by molar-refractivity contribution is 1.20. The highest BCUT2D eigenvalue weighted by Crippen LogP contribution is 2.44. The van der Waals surface area contributed by atoms with Crippen molar-refractivity contribution in [2.24, 2.45) is 0 Å². The zero-order valence-electron chi connectivity index (χ0n) is 8.28. The van der Waals surface area contributed by atoms with Gasteiger partial charge in [0.25, 0.3) is 0 Å². The summed E-state index contributed by atoms with van der Waals surface area (Å²) in [5.41, 5.74) is 5.71. The van der Waals surface area contributed by atoms with Crippen LogP contribution in [-0.4, -0.2) is 6.10 Å². The summed E-state index contributed by atoms with van der Waals surface area (Å²) in [5.74, 6) is 0.525. The zero-order valence-corrected chi connectivity index (χ0v) is 9.87. The topological polar surface area (TPSA) is 0 Å². The molecular formula is C13H10BBr. The van der Waals surface area contributed by atoms with Crippen molar-refractivity contribution >= 4 is 21.9 Å².